The second-order valence-electron chi connectivity index (χ2n) is 5.82. The SMILES string of the molecule is O=C(O)CN1CCN(C(=O)NC2CC3CCC2O3)CC1. The van der Waals surface area contributed by atoms with Crippen molar-refractivity contribution < 1.29 is 19.4 Å². The number of carboxylic acid groups (broad SMARTS) is 1. The molecule has 2 amide bonds. The number of urea groups is 1. The fourth-order valence-electron chi connectivity index (χ4n) is 3.34. The monoisotopic (exact) mass is 283 g/mol. The molecule has 3 aliphatic heterocycles. The average molecular weight is 283 g/mol. The Hall–Kier alpha value is -1.34. The van der Waals surface area contributed by atoms with Gasteiger partial charge in [0.1, 0.15) is 0 Å². The number of carboxylic acids is 1. The number of ether oxygens (including phenoxy) is 1. The minimum absolute atomic E-state index is 0.0406. The molecule has 3 aliphatic rings. The third-order valence-electron chi connectivity index (χ3n) is 4.43. The third kappa shape index (κ3) is 2.88. The molecular formula is C13H21N3O4. The largest absolute Gasteiger partial charge is 0.480 e. The van der Waals surface area contributed by atoms with Gasteiger partial charge in [-0.15, -0.1) is 0 Å². The van der Waals surface area contributed by atoms with E-state index in [0.29, 0.717) is 32.3 Å². The molecule has 0 aromatic heterocycles. The summed E-state index contributed by atoms with van der Waals surface area (Å²) in [5, 5.41) is 11.8. The summed E-state index contributed by atoms with van der Waals surface area (Å²) in [7, 11) is 0. The normalized spacial score (nSPS) is 33.4. The molecule has 0 radical (unpaired) electrons. The van der Waals surface area contributed by atoms with Crippen LogP contribution in [0.3, 0.4) is 0 Å². The summed E-state index contributed by atoms with van der Waals surface area (Å²) >= 11 is 0. The maximum absolute atomic E-state index is 12.2. The molecule has 20 heavy (non-hydrogen) atoms. The Morgan fingerprint density at radius 1 is 1.20 bits per heavy atom. The first-order valence-corrected chi connectivity index (χ1v) is 7.27. The van der Waals surface area contributed by atoms with E-state index in [1.165, 1.54) is 0 Å². The van der Waals surface area contributed by atoms with Crippen molar-refractivity contribution in [3.8, 4) is 0 Å². The van der Waals surface area contributed by atoms with Gasteiger partial charge in [0.05, 0.1) is 24.8 Å². The lowest BCUT2D eigenvalue weighted by Gasteiger charge is -2.35. The number of carbonyl (C=O) groups excluding carboxylic acids is 1. The Bertz CT molecular complexity index is 395. The van der Waals surface area contributed by atoms with Crippen molar-refractivity contribution in [1.29, 1.82) is 0 Å². The molecule has 2 N–H and O–H groups in total. The van der Waals surface area contributed by atoms with Gasteiger partial charge in [0.25, 0.3) is 0 Å². The van der Waals surface area contributed by atoms with E-state index in [0.717, 1.165) is 19.3 Å². The van der Waals surface area contributed by atoms with Crippen molar-refractivity contribution in [2.75, 3.05) is 32.7 Å². The predicted octanol–water partition coefficient (Wildman–Crippen LogP) is -0.282. The topological polar surface area (TPSA) is 82.1 Å². The van der Waals surface area contributed by atoms with Crippen LogP contribution in [0.1, 0.15) is 19.3 Å². The molecule has 3 fully saturated rings. The minimum atomic E-state index is -0.818. The van der Waals surface area contributed by atoms with E-state index in [4.69, 9.17) is 9.84 Å². The molecule has 3 unspecified atom stereocenters. The first kappa shape index (κ1) is 13.6. The van der Waals surface area contributed by atoms with E-state index >= 15 is 0 Å². The lowest BCUT2D eigenvalue weighted by Crippen LogP contribution is -2.55. The van der Waals surface area contributed by atoms with E-state index in [2.05, 4.69) is 5.32 Å². The molecular weight excluding hydrogens is 262 g/mol. The van der Waals surface area contributed by atoms with Crippen molar-refractivity contribution in [3.63, 3.8) is 0 Å². The molecule has 2 bridgehead atoms. The quantitative estimate of drug-likeness (QED) is 0.744. The lowest BCUT2D eigenvalue weighted by atomic mass is 9.96. The highest BCUT2D eigenvalue weighted by molar-refractivity contribution is 5.75. The number of fused-ring (bicyclic) bond motifs is 2. The number of piperazine rings is 1. The number of hydrogen-bond donors (Lipinski definition) is 2. The van der Waals surface area contributed by atoms with Crippen LogP contribution < -0.4 is 5.32 Å². The number of rotatable bonds is 3. The molecule has 3 rings (SSSR count). The number of amides is 2. The maximum Gasteiger partial charge on any atom is 0.317 e. The van der Waals surface area contributed by atoms with Crippen molar-refractivity contribution in [1.82, 2.24) is 15.1 Å². The van der Waals surface area contributed by atoms with E-state index in [1.807, 2.05) is 4.90 Å². The zero-order chi connectivity index (χ0) is 14.1. The van der Waals surface area contributed by atoms with E-state index in [9.17, 15) is 9.59 Å². The van der Waals surface area contributed by atoms with E-state index < -0.39 is 5.97 Å². The van der Waals surface area contributed by atoms with Crippen LogP contribution in [0.4, 0.5) is 4.79 Å². The van der Waals surface area contributed by atoms with Gasteiger partial charge in [-0.3, -0.25) is 9.69 Å². The Kier molecular flexibility index (Phi) is 3.80. The summed E-state index contributed by atoms with van der Waals surface area (Å²) in [4.78, 5) is 26.4. The first-order valence-electron chi connectivity index (χ1n) is 7.27. The van der Waals surface area contributed by atoms with Crippen LogP contribution in [0.25, 0.3) is 0 Å². The summed E-state index contributed by atoms with van der Waals surface area (Å²) in [5.74, 6) is -0.818. The fraction of sp³-hybridized carbons (Fsp3) is 0.846. The molecule has 7 heteroatoms. The van der Waals surface area contributed by atoms with Crippen LogP contribution in [0, 0.1) is 0 Å². The molecule has 0 aromatic rings. The summed E-state index contributed by atoms with van der Waals surface area (Å²) < 4.78 is 5.73. The van der Waals surface area contributed by atoms with Crippen LogP contribution >= 0.6 is 0 Å². The van der Waals surface area contributed by atoms with Gasteiger partial charge in [-0.05, 0) is 19.3 Å². The highest BCUT2D eigenvalue weighted by Gasteiger charge is 2.41. The molecule has 0 aromatic carbocycles. The van der Waals surface area contributed by atoms with Crippen molar-refractivity contribution in [2.24, 2.45) is 0 Å². The summed E-state index contributed by atoms with van der Waals surface area (Å²) in [5.41, 5.74) is 0. The van der Waals surface area contributed by atoms with Crippen LogP contribution in [-0.2, 0) is 9.53 Å². The molecule has 112 valence electrons. The number of aliphatic carboxylic acids is 1. The highest BCUT2D eigenvalue weighted by Crippen LogP contribution is 2.34. The number of nitrogens with one attached hydrogen (secondary N) is 1. The smallest absolute Gasteiger partial charge is 0.317 e. The Balaban J connectivity index is 1.44. The molecule has 0 aliphatic carbocycles. The van der Waals surface area contributed by atoms with Crippen LogP contribution in [0.5, 0.6) is 0 Å². The molecule has 7 nitrogen and oxygen atoms in total. The number of carbonyl (C=O) groups is 2. The van der Waals surface area contributed by atoms with Crippen molar-refractivity contribution in [3.05, 3.63) is 0 Å². The zero-order valence-electron chi connectivity index (χ0n) is 11.5. The second-order valence-corrected chi connectivity index (χ2v) is 5.82. The lowest BCUT2D eigenvalue weighted by molar-refractivity contribution is -0.138. The molecule has 0 spiro atoms. The van der Waals surface area contributed by atoms with Gasteiger partial charge in [0, 0.05) is 26.2 Å². The highest BCUT2D eigenvalue weighted by atomic mass is 16.5. The first-order chi connectivity index (χ1) is 9.61. The van der Waals surface area contributed by atoms with Crippen LogP contribution in [0.15, 0.2) is 0 Å². The molecule has 3 heterocycles. The van der Waals surface area contributed by atoms with Gasteiger partial charge in [-0.1, -0.05) is 0 Å². The Morgan fingerprint density at radius 3 is 2.50 bits per heavy atom. The van der Waals surface area contributed by atoms with Crippen molar-refractivity contribution in [2.45, 2.75) is 37.5 Å². The predicted molar refractivity (Wildman–Crippen MR) is 70.5 cm³/mol. The van der Waals surface area contributed by atoms with E-state index in [-0.39, 0.29) is 24.7 Å². The van der Waals surface area contributed by atoms with Gasteiger partial charge in [0.15, 0.2) is 0 Å². The van der Waals surface area contributed by atoms with Gasteiger partial charge < -0.3 is 20.1 Å². The van der Waals surface area contributed by atoms with Crippen LogP contribution in [-0.4, -0.2) is 77.9 Å². The average Bonchev–Trinajstić information content (AvgIpc) is 3.01. The second kappa shape index (κ2) is 5.57. The summed E-state index contributed by atoms with van der Waals surface area (Å²) in [6.07, 6.45) is 3.61. The minimum Gasteiger partial charge on any atom is -0.480 e. The maximum atomic E-state index is 12.2. The Morgan fingerprint density at radius 2 is 1.95 bits per heavy atom. The summed E-state index contributed by atoms with van der Waals surface area (Å²) in [6, 6.07) is 0.111. The number of hydrogen-bond acceptors (Lipinski definition) is 4. The van der Waals surface area contributed by atoms with Crippen LogP contribution in [0.2, 0.25) is 0 Å². The van der Waals surface area contributed by atoms with Gasteiger partial charge in [-0.2, -0.15) is 0 Å². The van der Waals surface area contributed by atoms with Gasteiger partial charge in [-0.25, -0.2) is 4.79 Å². The van der Waals surface area contributed by atoms with Gasteiger partial charge in [0.2, 0.25) is 0 Å². The molecule has 3 saturated heterocycles. The summed E-state index contributed by atoms with van der Waals surface area (Å²) in [6.45, 7) is 2.46. The molecule has 0 saturated carbocycles. The number of nitrogens with zero attached hydrogens (tertiary/aromatic N) is 2. The van der Waals surface area contributed by atoms with Gasteiger partial charge >= 0.3 is 12.0 Å². The van der Waals surface area contributed by atoms with E-state index in [1.54, 1.807) is 4.90 Å². The molecule has 3 atom stereocenters. The van der Waals surface area contributed by atoms with Crippen molar-refractivity contribution >= 4 is 12.0 Å². The third-order valence-corrected chi connectivity index (χ3v) is 4.43. The Labute approximate surface area is 117 Å². The zero-order valence-corrected chi connectivity index (χ0v) is 11.5. The fourth-order valence-corrected chi connectivity index (χ4v) is 3.34. The standard InChI is InChI=1S/C13H21N3O4/c17-12(18)8-15-3-5-16(6-4-15)13(19)14-10-7-9-1-2-11(10)20-9/h9-11H,1-8H2,(H,14,19)(H,17,18).